The maximum Gasteiger partial charge on any atom is 0.272 e. The molecule has 0 saturated heterocycles. The van der Waals surface area contributed by atoms with Gasteiger partial charge < -0.3 is 10.4 Å². The van der Waals surface area contributed by atoms with Gasteiger partial charge in [-0.2, -0.15) is 5.10 Å². The van der Waals surface area contributed by atoms with Crippen LogP contribution in [-0.4, -0.2) is 32.7 Å². The molecule has 3 aromatic rings. The Labute approximate surface area is 136 Å². The molecule has 0 aliphatic heterocycles. The van der Waals surface area contributed by atoms with Crippen molar-refractivity contribution in [2.75, 3.05) is 6.61 Å². The van der Waals surface area contributed by atoms with Crippen LogP contribution in [0.5, 0.6) is 0 Å². The molecule has 122 valence electrons. The first-order chi connectivity index (χ1) is 11.6. The minimum Gasteiger partial charge on any atom is -0.394 e. The first kappa shape index (κ1) is 15.6. The van der Waals surface area contributed by atoms with E-state index in [-0.39, 0.29) is 18.0 Å². The van der Waals surface area contributed by atoms with Gasteiger partial charge in [0.1, 0.15) is 0 Å². The zero-order valence-electron chi connectivity index (χ0n) is 12.5. The molecule has 1 aromatic heterocycles. The van der Waals surface area contributed by atoms with Crippen LogP contribution in [-0.2, 0) is 0 Å². The number of nitrogens with zero attached hydrogens (tertiary/aromatic N) is 2. The number of aromatic nitrogens is 2. The monoisotopic (exact) mass is 326 g/mol. The second-order valence-electron chi connectivity index (χ2n) is 5.18. The summed E-state index contributed by atoms with van der Waals surface area (Å²) in [5.74, 6) is -0.523. The molecule has 0 spiro atoms. The maximum absolute atomic E-state index is 12.5. The third kappa shape index (κ3) is 2.95. The smallest absolute Gasteiger partial charge is 0.272 e. The van der Waals surface area contributed by atoms with Crippen LogP contribution < -0.4 is 5.32 Å². The zero-order valence-corrected chi connectivity index (χ0v) is 12.5. The topological polar surface area (TPSA) is 121 Å². The largest absolute Gasteiger partial charge is 0.394 e. The normalized spacial score (nSPS) is 12.0. The Balaban J connectivity index is 1.91. The average Bonchev–Trinajstić information content (AvgIpc) is 3.03. The maximum atomic E-state index is 12.5. The van der Waals surface area contributed by atoms with Gasteiger partial charge in [0, 0.05) is 17.5 Å². The van der Waals surface area contributed by atoms with Crippen molar-refractivity contribution in [3.63, 3.8) is 0 Å². The van der Waals surface area contributed by atoms with E-state index in [1.807, 2.05) is 6.07 Å². The second-order valence-corrected chi connectivity index (χ2v) is 5.18. The van der Waals surface area contributed by atoms with Crippen LogP contribution in [0.2, 0.25) is 0 Å². The molecular weight excluding hydrogens is 312 g/mol. The predicted molar refractivity (Wildman–Crippen MR) is 86.5 cm³/mol. The first-order valence-electron chi connectivity index (χ1n) is 7.19. The van der Waals surface area contributed by atoms with Crippen molar-refractivity contribution in [3.8, 4) is 0 Å². The van der Waals surface area contributed by atoms with Gasteiger partial charge >= 0.3 is 0 Å². The van der Waals surface area contributed by atoms with Crippen molar-refractivity contribution >= 4 is 22.5 Å². The van der Waals surface area contributed by atoms with Crippen molar-refractivity contribution < 1.29 is 14.8 Å². The standard InChI is InChI=1S/C16H14N4O4/c21-9-14(10-4-2-1-3-5-10)17-16(22)15-12-8-11(20(23)24)6-7-13(12)18-19-15/h1-8,14,21H,9H2,(H,17,22)(H,18,19). The fourth-order valence-electron chi connectivity index (χ4n) is 2.43. The molecule has 0 bridgehead atoms. The molecule has 1 unspecified atom stereocenters. The Hall–Kier alpha value is -3.26. The van der Waals surface area contributed by atoms with Crippen molar-refractivity contribution in [3.05, 3.63) is 69.9 Å². The van der Waals surface area contributed by atoms with Crippen LogP contribution in [0.4, 0.5) is 5.69 Å². The molecule has 24 heavy (non-hydrogen) atoms. The summed E-state index contributed by atoms with van der Waals surface area (Å²) in [6.07, 6.45) is 0. The van der Waals surface area contributed by atoms with E-state index in [0.29, 0.717) is 10.9 Å². The number of nitro groups is 1. The number of aliphatic hydroxyl groups is 1. The van der Waals surface area contributed by atoms with Crippen LogP contribution in [0.3, 0.4) is 0 Å². The Bertz CT molecular complexity index is 891. The summed E-state index contributed by atoms with van der Waals surface area (Å²) in [6, 6.07) is 12.5. The van der Waals surface area contributed by atoms with E-state index in [4.69, 9.17) is 0 Å². The quantitative estimate of drug-likeness (QED) is 0.488. The summed E-state index contributed by atoms with van der Waals surface area (Å²) >= 11 is 0. The molecule has 3 rings (SSSR count). The minimum absolute atomic E-state index is 0.0445. The summed E-state index contributed by atoms with van der Waals surface area (Å²) in [5.41, 5.74) is 1.19. The Morgan fingerprint density at radius 1 is 1.29 bits per heavy atom. The van der Waals surface area contributed by atoms with Gasteiger partial charge in [0.05, 0.1) is 23.1 Å². The lowest BCUT2D eigenvalue weighted by molar-refractivity contribution is -0.384. The lowest BCUT2D eigenvalue weighted by Crippen LogP contribution is -2.31. The number of aliphatic hydroxyl groups excluding tert-OH is 1. The van der Waals surface area contributed by atoms with E-state index in [9.17, 15) is 20.0 Å². The Morgan fingerprint density at radius 2 is 2.04 bits per heavy atom. The SMILES string of the molecule is O=C(NC(CO)c1ccccc1)c1n[nH]c2ccc([N+](=O)[O-])cc12. The number of benzene rings is 2. The number of carbonyl (C=O) groups excluding carboxylic acids is 1. The predicted octanol–water partition coefficient (Wildman–Crippen LogP) is 1.93. The van der Waals surface area contributed by atoms with Gasteiger partial charge in [0.25, 0.3) is 11.6 Å². The van der Waals surface area contributed by atoms with Crippen LogP contribution in [0.25, 0.3) is 10.9 Å². The molecule has 0 aliphatic carbocycles. The molecule has 1 atom stereocenters. The Morgan fingerprint density at radius 3 is 2.71 bits per heavy atom. The summed E-state index contributed by atoms with van der Waals surface area (Å²) in [7, 11) is 0. The molecule has 0 fully saturated rings. The summed E-state index contributed by atoms with van der Waals surface area (Å²) < 4.78 is 0. The van der Waals surface area contributed by atoms with Crippen molar-refractivity contribution in [2.24, 2.45) is 0 Å². The molecule has 8 nitrogen and oxygen atoms in total. The fraction of sp³-hybridized carbons (Fsp3) is 0.125. The molecule has 0 aliphatic rings. The van der Waals surface area contributed by atoms with Gasteiger partial charge in [-0.1, -0.05) is 30.3 Å². The van der Waals surface area contributed by atoms with E-state index < -0.39 is 16.9 Å². The lowest BCUT2D eigenvalue weighted by atomic mass is 10.1. The van der Waals surface area contributed by atoms with Gasteiger partial charge in [0.2, 0.25) is 0 Å². The van der Waals surface area contributed by atoms with Gasteiger partial charge in [-0.3, -0.25) is 20.0 Å². The van der Waals surface area contributed by atoms with Crippen LogP contribution >= 0.6 is 0 Å². The van der Waals surface area contributed by atoms with Crippen molar-refractivity contribution in [1.29, 1.82) is 0 Å². The van der Waals surface area contributed by atoms with E-state index in [2.05, 4.69) is 15.5 Å². The zero-order chi connectivity index (χ0) is 17.1. The van der Waals surface area contributed by atoms with Crippen molar-refractivity contribution in [2.45, 2.75) is 6.04 Å². The summed E-state index contributed by atoms with van der Waals surface area (Å²) in [4.78, 5) is 22.8. The van der Waals surface area contributed by atoms with Crippen LogP contribution in [0.15, 0.2) is 48.5 Å². The molecule has 1 heterocycles. The number of rotatable bonds is 5. The lowest BCUT2D eigenvalue weighted by Gasteiger charge is -2.16. The number of amides is 1. The number of nitro benzene ring substituents is 1. The van der Waals surface area contributed by atoms with Crippen LogP contribution in [0, 0.1) is 10.1 Å². The van der Waals surface area contributed by atoms with E-state index >= 15 is 0 Å². The highest BCUT2D eigenvalue weighted by atomic mass is 16.6. The van der Waals surface area contributed by atoms with Crippen molar-refractivity contribution in [1.82, 2.24) is 15.5 Å². The first-order valence-corrected chi connectivity index (χ1v) is 7.19. The number of aromatic amines is 1. The van der Waals surface area contributed by atoms with Gasteiger partial charge in [-0.15, -0.1) is 0 Å². The number of fused-ring (bicyclic) bond motifs is 1. The highest BCUT2D eigenvalue weighted by molar-refractivity contribution is 6.05. The van der Waals surface area contributed by atoms with Gasteiger partial charge in [-0.05, 0) is 11.6 Å². The number of non-ortho nitro benzene ring substituents is 1. The van der Waals surface area contributed by atoms with E-state index in [1.165, 1.54) is 18.2 Å². The molecular formula is C16H14N4O4. The molecule has 2 aromatic carbocycles. The molecule has 0 saturated carbocycles. The number of hydrogen-bond acceptors (Lipinski definition) is 5. The summed E-state index contributed by atoms with van der Waals surface area (Å²) in [5, 5.41) is 30.1. The number of H-pyrrole nitrogens is 1. The van der Waals surface area contributed by atoms with Gasteiger partial charge in [0.15, 0.2) is 5.69 Å². The number of hydrogen-bond donors (Lipinski definition) is 3. The minimum atomic E-state index is -0.593. The van der Waals surface area contributed by atoms with E-state index in [1.54, 1.807) is 24.3 Å². The number of nitrogens with one attached hydrogen (secondary N) is 2. The average molecular weight is 326 g/mol. The second kappa shape index (κ2) is 6.47. The molecule has 1 amide bonds. The Kier molecular flexibility index (Phi) is 4.21. The fourth-order valence-corrected chi connectivity index (χ4v) is 2.43. The third-order valence-corrected chi connectivity index (χ3v) is 3.66. The van der Waals surface area contributed by atoms with Gasteiger partial charge in [-0.25, -0.2) is 0 Å². The molecule has 3 N–H and O–H groups in total. The van der Waals surface area contributed by atoms with E-state index in [0.717, 1.165) is 5.56 Å². The summed E-state index contributed by atoms with van der Waals surface area (Å²) in [6.45, 7) is -0.280. The highest BCUT2D eigenvalue weighted by Gasteiger charge is 2.20. The third-order valence-electron chi connectivity index (χ3n) is 3.66. The highest BCUT2D eigenvalue weighted by Crippen LogP contribution is 2.22. The number of carbonyl (C=O) groups is 1. The molecule has 0 radical (unpaired) electrons. The molecule has 8 heteroatoms. The van der Waals surface area contributed by atoms with Crippen LogP contribution in [0.1, 0.15) is 22.1 Å².